The molecule has 0 bridgehead atoms. The first-order valence-electron chi connectivity index (χ1n) is 5.43. The van der Waals surface area contributed by atoms with Crippen LogP contribution in [0.4, 0.5) is 0 Å². The number of likely N-dealkylation sites (tertiary alicyclic amines) is 1. The topological polar surface area (TPSA) is 40.5 Å². The maximum atomic E-state index is 10.9. The molecule has 1 heterocycles. The molecule has 1 fully saturated rings. The van der Waals surface area contributed by atoms with Gasteiger partial charge in [0.15, 0.2) is 0 Å². The largest absolute Gasteiger partial charge is 0.396 e. The Bertz CT molecular complexity index is 196. The van der Waals surface area contributed by atoms with Crippen molar-refractivity contribution in [2.45, 2.75) is 26.7 Å². The molecular weight excluding hydrogens is 178 g/mol. The van der Waals surface area contributed by atoms with Gasteiger partial charge in [-0.1, -0.05) is 13.8 Å². The lowest BCUT2D eigenvalue weighted by atomic mass is 9.89. The average Bonchev–Trinajstić information content (AvgIpc) is 2.65. The van der Waals surface area contributed by atoms with E-state index in [2.05, 4.69) is 4.90 Å². The zero-order valence-corrected chi connectivity index (χ0v) is 9.20. The Hall–Kier alpha value is -0.410. The Morgan fingerprint density at radius 1 is 1.64 bits per heavy atom. The minimum atomic E-state index is -0.204. The van der Waals surface area contributed by atoms with E-state index in [4.69, 9.17) is 5.11 Å². The normalized spacial score (nSPS) is 27.5. The van der Waals surface area contributed by atoms with E-state index < -0.39 is 0 Å². The van der Waals surface area contributed by atoms with Crippen LogP contribution in [-0.2, 0) is 4.79 Å². The monoisotopic (exact) mass is 199 g/mol. The van der Waals surface area contributed by atoms with Gasteiger partial charge in [-0.2, -0.15) is 0 Å². The highest BCUT2D eigenvalue weighted by Crippen LogP contribution is 2.24. The van der Waals surface area contributed by atoms with Crippen molar-refractivity contribution in [2.24, 2.45) is 11.3 Å². The summed E-state index contributed by atoms with van der Waals surface area (Å²) in [5.41, 5.74) is -0.204. The predicted molar refractivity (Wildman–Crippen MR) is 56.1 cm³/mol. The first-order valence-corrected chi connectivity index (χ1v) is 5.43. The van der Waals surface area contributed by atoms with Crippen molar-refractivity contribution in [1.82, 2.24) is 4.90 Å². The van der Waals surface area contributed by atoms with Crippen LogP contribution >= 0.6 is 0 Å². The lowest BCUT2D eigenvalue weighted by Crippen LogP contribution is -2.35. The van der Waals surface area contributed by atoms with Crippen LogP contribution < -0.4 is 0 Å². The smallest absolute Gasteiger partial charge is 0.127 e. The van der Waals surface area contributed by atoms with Crippen LogP contribution in [0.2, 0.25) is 0 Å². The molecule has 82 valence electrons. The minimum absolute atomic E-state index is 0.204. The van der Waals surface area contributed by atoms with Crippen LogP contribution in [-0.4, -0.2) is 42.5 Å². The Labute approximate surface area is 86.1 Å². The Balaban J connectivity index is 2.41. The third-order valence-electron chi connectivity index (χ3n) is 3.31. The predicted octanol–water partition coefficient (Wildman–Crippen LogP) is 0.916. The molecule has 3 heteroatoms. The number of hydrogen-bond acceptors (Lipinski definition) is 3. The molecule has 0 saturated carbocycles. The molecule has 14 heavy (non-hydrogen) atoms. The quantitative estimate of drug-likeness (QED) is 0.669. The summed E-state index contributed by atoms with van der Waals surface area (Å²) >= 11 is 0. The fourth-order valence-corrected chi connectivity index (χ4v) is 1.95. The van der Waals surface area contributed by atoms with Crippen molar-refractivity contribution in [3.8, 4) is 0 Å². The highest BCUT2D eigenvalue weighted by atomic mass is 16.3. The summed E-state index contributed by atoms with van der Waals surface area (Å²) in [6.45, 7) is 7.14. The zero-order chi connectivity index (χ0) is 10.6. The molecule has 1 aliphatic rings. The molecule has 0 aromatic carbocycles. The molecule has 0 aromatic heterocycles. The van der Waals surface area contributed by atoms with E-state index in [1.54, 1.807) is 0 Å². The van der Waals surface area contributed by atoms with Crippen LogP contribution in [0.15, 0.2) is 0 Å². The fourth-order valence-electron chi connectivity index (χ4n) is 1.95. The van der Waals surface area contributed by atoms with E-state index >= 15 is 0 Å². The molecule has 1 rings (SSSR count). The summed E-state index contributed by atoms with van der Waals surface area (Å²) in [5.74, 6) is 0.419. The van der Waals surface area contributed by atoms with Gasteiger partial charge >= 0.3 is 0 Å². The van der Waals surface area contributed by atoms with Gasteiger partial charge in [-0.15, -0.1) is 0 Å². The van der Waals surface area contributed by atoms with Crippen LogP contribution in [0, 0.1) is 11.3 Å². The highest BCUT2D eigenvalue weighted by molar-refractivity contribution is 5.58. The minimum Gasteiger partial charge on any atom is -0.396 e. The molecule has 3 nitrogen and oxygen atoms in total. The fraction of sp³-hybridized carbons (Fsp3) is 0.909. The van der Waals surface area contributed by atoms with Crippen LogP contribution in [0.5, 0.6) is 0 Å². The average molecular weight is 199 g/mol. The summed E-state index contributed by atoms with van der Waals surface area (Å²) in [7, 11) is 0. The van der Waals surface area contributed by atoms with Gasteiger partial charge in [0.05, 0.1) is 0 Å². The maximum Gasteiger partial charge on any atom is 0.127 e. The Morgan fingerprint density at radius 3 is 2.79 bits per heavy atom. The van der Waals surface area contributed by atoms with E-state index in [1.165, 1.54) is 0 Å². The second-order valence-electron chi connectivity index (χ2n) is 4.70. The molecule has 1 aliphatic heterocycles. The molecule has 2 atom stereocenters. The SMILES string of the molecule is CCC(C)(C=O)CN1CCC(CO)C1. The summed E-state index contributed by atoms with van der Waals surface area (Å²) in [5, 5.41) is 9.00. The molecule has 0 aliphatic carbocycles. The molecule has 0 aromatic rings. The number of aldehydes is 1. The van der Waals surface area contributed by atoms with Gasteiger partial charge in [-0.05, 0) is 25.3 Å². The van der Waals surface area contributed by atoms with Crippen molar-refractivity contribution < 1.29 is 9.90 Å². The number of rotatable bonds is 5. The van der Waals surface area contributed by atoms with Crippen LogP contribution in [0.25, 0.3) is 0 Å². The van der Waals surface area contributed by atoms with E-state index in [0.717, 1.165) is 38.8 Å². The van der Waals surface area contributed by atoms with E-state index in [9.17, 15) is 4.79 Å². The number of carbonyl (C=O) groups is 1. The zero-order valence-electron chi connectivity index (χ0n) is 9.20. The van der Waals surface area contributed by atoms with E-state index in [-0.39, 0.29) is 12.0 Å². The summed E-state index contributed by atoms with van der Waals surface area (Å²) in [6, 6.07) is 0. The van der Waals surface area contributed by atoms with Crippen molar-refractivity contribution in [3.63, 3.8) is 0 Å². The van der Waals surface area contributed by atoms with Gasteiger partial charge in [0.1, 0.15) is 6.29 Å². The number of carbonyl (C=O) groups excluding carboxylic acids is 1. The molecule has 0 amide bonds. The van der Waals surface area contributed by atoms with Crippen molar-refractivity contribution in [3.05, 3.63) is 0 Å². The molecule has 2 unspecified atom stereocenters. The van der Waals surface area contributed by atoms with Gasteiger partial charge in [0.25, 0.3) is 0 Å². The number of aliphatic hydroxyl groups excluding tert-OH is 1. The first kappa shape index (κ1) is 11.7. The van der Waals surface area contributed by atoms with Gasteiger partial charge in [-0.3, -0.25) is 0 Å². The molecule has 0 radical (unpaired) electrons. The van der Waals surface area contributed by atoms with Crippen molar-refractivity contribution in [1.29, 1.82) is 0 Å². The maximum absolute atomic E-state index is 10.9. The van der Waals surface area contributed by atoms with Gasteiger partial charge in [0, 0.05) is 25.1 Å². The van der Waals surface area contributed by atoms with Gasteiger partial charge < -0.3 is 14.8 Å². The number of aliphatic hydroxyl groups is 1. The molecule has 1 N–H and O–H groups in total. The highest BCUT2D eigenvalue weighted by Gasteiger charge is 2.29. The van der Waals surface area contributed by atoms with E-state index in [1.807, 2.05) is 13.8 Å². The van der Waals surface area contributed by atoms with Gasteiger partial charge in [-0.25, -0.2) is 0 Å². The third kappa shape index (κ3) is 2.79. The molecule has 0 spiro atoms. The number of hydrogen-bond donors (Lipinski definition) is 1. The molecule has 1 saturated heterocycles. The third-order valence-corrected chi connectivity index (χ3v) is 3.31. The van der Waals surface area contributed by atoms with E-state index in [0.29, 0.717) is 5.92 Å². The van der Waals surface area contributed by atoms with Crippen LogP contribution in [0.3, 0.4) is 0 Å². The number of nitrogens with zero attached hydrogens (tertiary/aromatic N) is 1. The molecular formula is C11H21NO2. The standard InChI is InChI=1S/C11H21NO2/c1-3-11(2,9-14)8-12-5-4-10(6-12)7-13/h9-10,13H,3-8H2,1-2H3. The van der Waals surface area contributed by atoms with Crippen LogP contribution in [0.1, 0.15) is 26.7 Å². The Morgan fingerprint density at radius 2 is 2.36 bits per heavy atom. The first-order chi connectivity index (χ1) is 6.63. The van der Waals surface area contributed by atoms with Gasteiger partial charge in [0.2, 0.25) is 0 Å². The van der Waals surface area contributed by atoms with Crippen molar-refractivity contribution in [2.75, 3.05) is 26.2 Å². The summed E-state index contributed by atoms with van der Waals surface area (Å²) in [6.07, 6.45) is 3.02. The summed E-state index contributed by atoms with van der Waals surface area (Å²) in [4.78, 5) is 13.2. The lowest BCUT2D eigenvalue weighted by Gasteiger charge is -2.27. The van der Waals surface area contributed by atoms with Crippen molar-refractivity contribution >= 4 is 6.29 Å². The second-order valence-corrected chi connectivity index (χ2v) is 4.70. The second kappa shape index (κ2) is 4.89. The Kier molecular flexibility index (Phi) is 4.08. The lowest BCUT2D eigenvalue weighted by molar-refractivity contribution is -0.116. The summed E-state index contributed by atoms with van der Waals surface area (Å²) < 4.78 is 0.